The van der Waals surface area contributed by atoms with E-state index in [1.807, 2.05) is 135 Å². The van der Waals surface area contributed by atoms with Gasteiger partial charge in [-0.25, -0.2) is 9.59 Å². The first-order valence-corrected chi connectivity index (χ1v) is 26.3. The molecule has 2 aromatic heterocycles. The number of hydrogen-bond donors (Lipinski definition) is 4. The summed E-state index contributed by atoms with van der Waals surface area (Å²) in [7, 11) is 3.01. The number of esters is 2. The minimum Gasteiger partial charge on any atom is -0.493 e. The number of carbonyl (C=O) groups excluding carboxylic acids is 4. The van der Waals surface area contributed by atoms with E-state index in [0.717, 1.165) is 27.8 Å². The molecule has 0 bridgehead atoms. The molecular weight excluding hydrogens is 1000 g/mol. The van der Waals surface area contributed by atoms with Crippen LogP contribution < -0.4 is 20.1 Å². The summed E-state index contributed by atoms with van der Waals surface area (Å²) >= 11 is 0. The number of furan rings is 2. The monoisotopic (exact) mass is 1070 g/mol. The predicted molar refractivity (Wildman–Crippen MR) is 300 cm³/mol. The Labute approximate surface area is 458 Å². The Morgan fingerprint density at radius 3 is 1.62 bits per heavy atom. The highest BCUT2D eigenvalue weighted by Gasteiger charge is 2.55. The van der Waals surface area contributed by atoms with Crippen molar-refractivity contribution in [1.82, 2.24) is 10.6 Å². The SMILES string of the molecule is COc1cc(CCC(=O)N[C@@H](/C=C/c2ccccc2)CO)cc2c(C(=O)OCCOCCOC(=O)c3c(-c4ccc(C)cc4)oc4c(OC)cc(CCC(=O)N[C@@]5(CO)CC5c5ccccc5)cc34)c(-c3ccc(C)cc3)oc12. The number of aliphatic hydroxyl groups excluding tert-OH is 2. The van der Waals surface area contributed by atoms with E-state index in [9.17, 15) is 29.4 Å². The number of fused-ring (bicyclic) bond motifs is 2. The van der Waals surface area contributed by atoms with Crippen molar-refractivity contribution in [1.29, 1.82) is 0 Å². The summed E-state index contributed by atoms with van der Waals surface area (Å²) in [4.78, 5) is 54.8. The molecule has 3 atom stereocenters. The number of ether oxygens (including phenoxy) is 5. The Kier molecular flexibility index (Phi) is 17.7. The van der Waals surface area contributed by atoms with Crippen LogP contribution in [0.25, 0.3) is 50.7 Å². The lowest BCUT2D eigenvalue weighted by atomic mass is 10.0. The van der Waals surface area contributed by atoms with E-state index in [0.29, 0.717) is 69.4 Å². The molecule has 1 fully saturated rings. The smallest absolute Gasteiger partial charge is 0.342 e. The van der Waals surface area contributed by atoms with Crippen molar-refractivity contribution in [2.75, 3.05) is 53.9 Å². The molecular formula is C64H64N2O13. The minimum atomic E-state index is -0.709. The van der Waals surface area contributed by atoms with Gasteiger partial charge in [0.15, 0.2) is 22.7 Å². The van der Waals surface area contributed by atoms with Gasteiger partial charge in [-0.2, -0.15) is 0 Å². The lowest BCUT2D eigenvalue weighted by Crippen LogP contribution is -2.41. The van der Waals surface area contributed by atoms with Crippen molar-refractivity contribution in [3.05, 3.63) is 184 Å². The second kappa shape index (κ2) is 25.3. The minimum absolute atomic E-state index is 0.0250. The van der Waals surface area contributed by atoms with Crippen LogP contribution in [0.1, 0.15) is 79.3 Å². The fraction of sp³-hybridized carbons (Fsp3) is 0.281. The van der Waals surface area contributed by atoms with Crippen LogP contribution >= 0.6 is 0 Å². The molecule has 9 rings (SSSR count). The summed E-state index contributed by atoms with van der Waals surface area (Å²) in [6.07, 6.45) is 5.05. The van der Waals surface area contributed by atoms with E-state index in [2.05, 4.69) is 10.6 Å². The number of hydrogen-bond acceptors (Lipinski definition) is 13. The molecule has 79 heavy (non-hydrogen) atoms. The third-order valence-electron chi connectivity index (χ3n) is 14.1. The first kappa shape index (κ1) is 55.3. The number of methoxy groups -OCH3 is 2. The molecule has 0 radical (unpaired) electrons. The third-order valence-corrected chi connectivity index (χ3v) is 14.1. The Balaban J connectivity index is 0.845. The van der Waals surface area contributed by atoms with E-state index in [4.69, 9.17) is 32.5 Å². The van der Waals surface area contributed by atoms with Crippen molar-refractivity contribution in [2.24, 2.45) is 0 Å². The summed E-state index contributed by atoms with van der Waals surface area (Å²) in [5, 5.41) is 27.1. The largest absolute Gasteiger partial charge is 0.493 e. The second-order valence-corrected chi connectivity index (χ2v) is 19.7. The van der Waals surface area contributed by atoms with E-state index >= 15 is 0 Å². The third kappa shape index (κ3) is 13.1. The van der Waals surface area contributed by atoms with Crippen molar-refractivity contribution in [2.45, 2.75) is 63.5 Å². The van der Waals surface area contributed by atoms with Gasteiger partial charge in [0.25, 0.3) is 0 Å². The summed E-state index contributed by atoms with van der Waals surface area (Å²) in [5.74, 6) is -0.460. The Morgan fingerprint density at radius 1 is 0.646 bits per heavy atom. The molecule has 1 unspecified atom stereocenters. The first-order chi connectivity index (χ1) is 38.4. The fourth-order valence-corrected chi connectivity index (χ4v) is 9.76. The van der Waals surface area contributed by atoms with Gasteiger partial charge in [0.05, 0.1) is 52.2 Å². The maximum Gasteiger partial charge on any atom is 0.342 e. The summed E-state index contributed by atoms with van der Waals surface area (Å²) in [6, 6.07) is 41.1. The summed E-state index contributed by atoms with van der Waals surface area (Å²) < 4.78 is 41.8. The zero-order chi connectivity index (χ0) is 55.5. The van der Waals surface area contributed by atoms with E-state index in [-0.39, 0.29) is 92.9 Å². The van der Waals surface area contributed by atoms with Gasteiger partial charge in [0.1, 0.15) is 35.9 Å². The molecule has 1 aliphatic carbocycles. The number of aliphatic hydroxyl groups is 2. The van der Waals surface area contributed by atoms with Crippen LogP contribution in [0.2, 0.25) is 0 Å². The average Bonchev–Trinajstić information content (AvgIpc) is 3.98. The van der Waals surface area contributed by atoms with E-state index in [1.165, 1.54) is 14.2 Å². The zero-order valence-electron chi connectivity index (χ0n) is 44.7. The number of amides is 2. The van der Waals surface area contributed by atoms with E-state index in [1.54, 1.807) is 24.3 Å². The van der Waals surface area contributed by atoms with Crippen LogP contribution in [0.5, 0.6) is 11.5 Å². The van der Waals surface area contributed by atoms with Gasteiger partial charge in [-0.15, -0.1) is 0 Å². The molecule has 408 valence electrons. The van der Waals surface area contributed by atoms with Crippen molar-refractivity contribution in [3.8, 4) is 34.1 Å². The fourth-order valence-electron chi connectivity index (χ4n) is 9.76. The quantitative estimate of drug-likeness (QED) is 0.0311. The van der Waals surface area contributed by atoms with Gasteiger partial charge in [-0.05, 0) is 79.6 Å². The highest BCUT2D eigenvalue weighted by molar-refractivity contribution is 6.11. The van der Waals surface area contributed by atoms with Crippen LogP contribution in [0.15, 0.2) is 148 Å². The highest BCUT2D eigenvalue weighted by Crippen LogP contribution is 2.51. The lowest BCUT2D eigenvalue weighted by Gasteiger charge is -2.17. The Morgan fingerprint density at radius 2 is 1.14 bits per heavy atom. The normalized spacial score (nSPS) is 15.2. The van der Waals surface area contributed by atoms with Crippen molar-refractivity contribution in [3.63, 3.8) is 0 Å². The van der Waals surface area contributed by atoms with Crippen LogP contribution in [0.3, 0.4) is 0 Å². The summed E-state index contributed by atoms with van der Waals surface area (Å²) in [5.41, 5.74) is 7.09. The number of nitrogens with one attached hydrogen (secondary N) is 2. The number of carbonyl (C=O) groups is 4. The molecule has 0 aliphatic heterocycles. The lowest BCUT2D eigenvalue weighted by molar-refractivity contribution is -0.123. The molecule has 4 N–H and O–H groups in total. The van der Waals surface area contributed by atoms with Gasteiger partial charge in [0, 0.05) is 40.7 Å². The highest BCUT2D eigenvalue weighted by atomic mass is 16.6. The van der Waals surface area contributed by atoms with Crippen LogP contribution in [-0.2, 0) is 36.6 Å². The van der Waals surface area contributed by atoms with E-state index < -0.39 is 23.5 Å². The van der Waals surface area contributed by atoms with Gasteiger partial charge < -0.3 is 53.4 Å². The van der Waals surface area contributed by atoms with Crippen LogP contribution in [0, 0.1) is 13.8 Å². The molecule has 1 aliphatic rings. The number of rotatable bonds is 25. The maximum absolute atomic E-state index is 14.2. The average molecular weight is 1070 g/mol. The van der Waals surface area contributed by atoms with Gasteiger partial charge in [0.2, 0.25) is 11.8 Å². The molecule has 8 aromatic rings. The molecule has 6 aromatic carbocycles. The maximum atomic E-state index is 14.2. The van der Waals surface area contributed by atoms with Gasteiger partial charge in [-0.1, -0.05) is 132 Å². The molecule has 1 saturated carbocycles. The summed E-state index contributed by atoms with van der Waals surface area (Å²) in [6.45, 7) is 3.13. The first-order valence-electron chi connectivity index (χ1n) is 26.3. The Bertz CT molecular complexity index is 3460. The van der Waals surface area contributed by atoms with Crippen LogP contribution in [-0.4, -0.2) is 99.4 Å². The van der Waals surface area contributed by atoms with Gasteiger partial charge in [-0.3, -0.25) is 9.59 Å². The molecule has 2 amide bonds. The molecule has 0 saturated heterocycles. The predicted octanol–water partition coefficient (Wildman–Crippen LogP) is 10.3. The number of aryl methyl sites for hydroxylation is 4. The Hall–Kier alpha value is -8.50. The van der Waals surface area contributed by atoms with Gasteiger partial charge >= 0.3 is 11.9 Å². The van der Waals surface area contributed by atoms with Crippen molar-refractivity contribution >= 4 is 51.8 Å². The zero-order valence-corrected chi connectivity index (χ0v) is 44.7. The molecule has 15 nitrogen and oxygen atoms in total. The standard InChI is InChI=1S/C64H64N2O13/c1-40-15-22-46(23-16-40)58-56(49-33-43(35-52(73-3)60(49)78-58)20-27-54(69)65-48(38-67)26-19-42-11-7-5-8-12-42)62(71)76-31-29-75-30-32-77-63(72)57-50-34-44(36-53(74-4)61(50)79-59(57)47-24-17-41(2)18-25-47)21-28-55(70)66-64(39-68)37-51(64)45-13-9-6-10-14-45/h5-19,22-26,33-36,48,51,67-68H,20-21,27-32,37-39H2,1-4H3,(H,65,69)(H,66,70)/b26-19+/t48-,51?,64+/m0/s1. The number of benzene rings is 6. The topological polar surface area (TPSA) is 205 Å². The van der Waals surface area contributed by atoms with Crippen molar-refractivity contribution < 1.29 is 61.9 Å². The molecule has 15 heteroatoms. The second-order valence-electron chi connectivity index (χ2n) is 19.7. The molecule has 0 spiro atoms. The molecule has 2 heterocycles. The van der Waals surface area contributed by atoms with Crippen LogP contribution in [0.4, 0.5) is 0 Å².